The lowest BCUT2D eigenvalue weighted by atomic mass is 10.1. The van der Waals surface area contributed by atoms with Gasteiger partial charge in [0.2, 0.25) is 0 Å². The molecular formula is C29H28N6O3S. The third-order valence-electron chi connectivity index (χ3n) is 6.26. The molecule has 0 unspecified atom stereocenters. The molecule has 0 fully saturated rings. The molecule has 0 saturated heterocycles. The van der Waals surface area contributed by atoms with E-state index >= 15 is 0 Å². The fourth-order valence-corrected chi connectivity index (χ4v) is 5.57. The summed E-state index contributed by atoms with van der Waals surface area (Å²) in [5.41, 5.74) is 3.39. The quantitative estimate of drug-likeness (QED) is 0.288. The zero-order chi connectivity index (χ0) is 27.2. The monoisotopic (exact) mass is 540 g/mol. The molecule has 0 aliphatic carbocycles. The maximum absolute atomic E-state index is 13.0. The Kier molecular flexibility index (Phi) is 7.55. The Morgan fingerprint density at radius 1 is 0.923 bits per heavy atom. The van der Waals surface area contributed by atoms with Crippen molar-refractivity contribution in [2.75, 3.05) is 0 Å². The lowest BCUT2D eigenvalue weighted by Gasteiger charge is -2.20. The number of rotatable bonds is 9. The summed E-state index contributed by atoms with van der Waals surface area (Å²) in [6, 6.07) is 24.7. The summed E-state index contributed by atoms with van der Waals surface area (Å²) in [6.45, 7) is 2.29. The lowest BCUT2D eigenvalue weighted by Crippen LogP contribution is -2.42. The lowest BCUT2D eigenvalue weighted by molar-refractivity contribution is 0.241. The number of hydrogen-bond donors (Lipinski definition) is 2. The van der Waals surface area contributed by atoms with Crippen LogP contribution in [0.3, 0.4) is 0 Å². The maximum atomic E-state index is 13.0. The summed E-state index contributed by atoms with van der Waals surface area (Å²) in [4.78, 5) is 17.6. The van der Waals surface area contributed by atoms with Crippen molar-refractivity contribution in [2.24, 2.45) is 0 Å². The predicted molar refractivity (Wildman–Crippen MR) is 148 cm³/mol. The molecule has 39 heavy (non-hydrogen) atoms. The molecule has 0 aliphatic rings. The number of imidazole rings is 1. The smallest absolute Gasteiger partial charge is 0.327 e. The standard InChI is InChI=1S/C29H28N6O3S/c1-22-10-8-9-15-27(22)39(37,38)33-29(36)32-26(18-23-11-4-2-5-12-23)28-30-16-17-35(28)25-19-31-34(21-25)20-24-13-6-3-7-14-24/h2-17,19,21,26H,18,20H2,1H3,(H2,32,33,36)/t26-/m0/s1. The number of sulfonamides is 1. The highest BCUT2D eigenvalue weighted by molar-refractivity contribution is 7.90. The van der Waals surface area contributed by atoms with Gasteiger partial charge in [-0.05, 0) is 36.1 Å². The Morgan fingerprint density at radius 3 is 2.31 bits per heavy atom. The Labute approximate surface area is 227 Å². The molecule has 2 N–H and O–H groups in total. The molecular weight excluding hydrogens is 512 g/mol. The summed E-state index contributed by atoms with van der Waals surface area (Å²) in [5, 5.41) is 7.32. The van der Waals surface area contributed by atoms with Gasteiger partial charge in [-0.3, -0.25) is 9.25 Å². The van der Waals surface area contributed by atoms with Gasteiger partial charge in [-0.2, -0.15) is 5.10 Å². The van der Waals surface area contributed by atoms with E-state index in [0.717, 1.165) is 16.8 Å². The van der Waals surface area contributed by atoms with Crippen molar-refractivity contribution >= 4 is 16.1 Å². The molecule has 10 heteroatoms. The molecule has 0 radical (unpaired) electrons. The van der Waals surface area contributed by atoms with Crippen LogP contribution in [0.4, 0.5) is 4.79 Å². The molecule has 3 aromatic carbocycles. The van der Waals surface area contributed by atoms with Gasteiger partial charge in [0.25, 0.3) is 10.0 Å². The van der Waals surface area contributed by atoms with Crippen LogP contribution < -0.4 is 10.0 Å². The van der Waals surface area contributed by atoms with E-state index in [-0.39, 0.29) is 4.90 Å². The molecule has 2 heterocycles. The number of urea groups is 1. The number of carbonyl (C=O) groups is 1. The van der Waals surface area contributed by atoms with Crippen molar-refractivity contribution < 1.29 is 13.2 Å². The summed E-state index contributed by atoms with van der Waals surface area (Å²) in [5.74, 6) is 0.543. The van der Waals surface area contributed by atoms with Crippen molar-refractivity contribution in [3.63, 3.8) is 0 Å². The predicted octanol–water partition coefficient (Wildman–Crippen LogP) is 4.40. The normalized spacial score (nSPS) is 12.1. The van der Waals surface area contributed by atoms with E-state index in [4.69, 9.17) is 0 Å². The van der Waals surface area contributed by atoms with Gasteiger partial charge in [-0.25, -0.2) is 22.9 Å². The second-order valence-electron chi connectivity index (χ2n) is 9.12. The molecule has 9 nitrogen and oxygen atoms in total. The van der Waals surface area contributed by atoms with Crippen LogP contribution >= 0.6 is 0 Å². The minimum atomic E-state index is -4.07. The topological polar surface area (TPSA) is 111 Å². The second kappa shape index (κ2) is 11.4. The molecule has 0 saturated carbocycles. The SMILES string of the molecule is Cc1ccccc1S(=O)(=O)NC(=O)N[C@@H](Cc1ccccc1)c1nccn1-c1cnn(Cc2ccccc2)c1. The Morgan fingerprint density at radius 2 is 1.59 bits per heavy atom. The van der Waals surface area contributed by atoms with Crippen molar-refractivity contribution in [1.82, 2.24) is 29.4 Å². The molecule has 2 aromatic heterocycles. The number of hydrogen-bond acceptors (Lipinski definition) is 5. The van der Waals surface area contributed by atoms with E-state index in [0.29, 0.717) is 24.4 Å². The van der Waals surface area contributed by atoms with Crippen LogP contribution in [0.15, 0.2) is 115 Å². The highest BCUT2D eigenvalue weighted by Gasteiger charge is 2.25. The highest BCUT2D eigenvalue weighted by atomic mass is 32.2. The largest absolute Gasteiger partial charge is 0.329 e. The van der Waals surface area contributed by atoms with Gasteiger partial charge in [-0.1, -0.05) is 78.9 Å². The van der Waals surface area contributed by atoms with Crippen molar-refractivity contribution in [3.8, 4) is 5.69 Å². The molecule has 2 amide bonds. The molecule has 198 valence electrons. The third-order valence-corrected chi connectivity index (χ3v) is 7.76. The van der Waals surface area contributed by atoms with Crippen LogP contribution in [0.25, 0.3) is 5.69 Å². The number of benzene rings is 3. The van der Waals surface area contributed by atoms with Crippen molar-refractivity contribution in [1.29, 1.82) is 0 Å². The van der Waals surface area contributed by atoms with Gasteiger partial charge in [0.15, 0.2) is 0 Å². The minimum Gasteiger partial charge on any atom is -0.327 e. The molecule has 5 aromatic rings. The molecule has 5 rings (SSSR count). The fourth-order valence-electron chi connectivity index (χ4n) is 4.40. The number of nitrogens with one attached hydrogen (secondary N) is 2. The van der Waals surface area contributed by atoms with Gasteiger partial charge in [0.05, 0.1) is 29.4 Å². The summed E-state index contributed by atoms with van der Waals surface area (Å²) in [7, 11) is -4.07. The molecule has 1 atom stereocenters. The number of nitrogens with zero attached hydrogens (tertiary/aromatic N) is 4. The van der Waals surface area contributed by atoms with Crippen LogP contribution in [0.1, 0.15) is 28.6 Å². The van der Waals surface area contributed by atoms with Crippen LogP contribution in [-0.4, -0.2) is 33.8 Å². The number of aryl methyl sites for hydroxylation is 1. The van der Waals surface area contributed by atoms with Gasteiger partial charge in [0.1, 0.15) is 5.82 Å². The van der Waals surface area contributed by atoms with E-state index in [1.807, 2.05) is 76.1 Å². The fraction of sp³-hybridized carbons (Fsp3) is 0.138. The minimum absolute atomic E-state index is 0.0482. The Balaban J connectivity index is 1.40. The summed E-state index contributed by atoms with van der Waals surface area (Å²) < 4.78 is 31.7. The van der Waals surface area contributed by atoms with Crippen LogP contribution in [0.5, 0.6) is 0 Å². The third kappa shape index (κ3) is 6.24. The van der Waals surface area contributed by atoms with E-state index in [1.165, 1.54) is 6.07 Å². The van der Waals surface area contributed by atoms with Gasteiger partial charge >= 0.3 is 6.03 Å². The summed E-state index contributed by atoms with van der Waals surface area (Å²) >= 11 is 0. The van der Waals surface area contributed by atoms with Crippen LogP contribution in [0, 0.1) is 6.92 Å². The number of carbonyl (C=O) groups excluding carboxylic acids is 1. The van der Waals surface area contributed by atoms with E-state index in [9.17, 15) is 13.2 Å². The van der Waals surface area contributed by atoms with Crippen molar-refractivity contribution in [2.45, 2.75) is 30.8 Å². The molecule has 0 aliphatic heterocycles. The van der Waals surface area contributed by atoms with Crippen LogP contribution in [-0.2, 0) is 23.0 Å². The van der Waals surface area contributed by atoms with Gasteiger partial charge in [0, 0.05) is 18.6 Å². The van der Waals surface area contributed by atoms with E-state index in [2.05, 4.69) is 20.1 Å². The first kappa shape index (κ1) is 25.9. The first-order valence-corrected chi connectivity index (χ1v) is 13.9. The zero-order valence-corrected chi connectivity index (χ0v) is 22.1. The Hall–Kier alpha value is -4.70. The summed E-state index contributed by atoms with van der Waals surface area (Å²) in [6.07, 6.45) is 7.47. The van der Waals surface area contributed by atoms with Crippen molar-refractivity contribution in [3.05, 3.63) is 132 Å². The average Bonchev–Trinajstić information content (AvgIpc) is 3.59. The first-order chi connectivity index (χ1) is 18.9. The number of amides is 2. The second-order valence-corrected chi connectivity index (χ2v) is 10.8. The average molecular weight is 541 g/mol. The van der Waals surface area contributed by atoms with Crippen LogP contribution in [0.2, 0.25) is 0 Å². The van der Waals surface area contributed by atoms with Gasteiger partial charge in [-0.15, -0.1) is 0 Å². The zero-order valence-electron chi connectivity index (χ0n) is 21.3. The first-order valence-electron chi connectivity index (χ1n) is 12.4. The van der Waals surface area contributed by atoms with E-state index < -0.39 is 22.1 Å². The highest BCUT2D eigenvalue weighted by Crippen LogP contribution is 2.21. The Bertz CT molecular complexity index is 1660. The molecule has 0 spiro atoms. The maximum Gasteiger partial charge on any atom is 0.329 e. The van der Waals surface area contributed by atoms with E-state index in [1.54, 1.807) is 43.7 Å². The van der Waals surface area contributed by atoms with Gasteiger partial charge < -0.3 is 5.32 Å². The number of aromatic nitrogens is 4. The molecule has 0 bridgehead atoms.